The van der Waals surface area contributed by atoms with Crippen molar-refractivity contribution >= 4 is 75.8 Å². The molecule has 0 saturated carbocycles. The smallest absolute Gasteiger partial charge is 0.156 e. The van der Waals surface area contributed by atoms with Gasteiger partial charge in [0, 0.05) is 21.4 Å². The average molecular weight is 719 g/mol. The Morgan fingerprint density at radius 2 is 1.33 bits per heavy atom. The van der Waals surface area contributed by atoms with Crippen LogP contribution < -0.4 is 0 Å². The lowest BCUT2D eigenvalue weighted by atomic mass is 9.74. The number of benzene rings is 7. The highest BCUT2D eigenvalue weighted by atomic mass is 32.1. The van der Waals surface area contributed by atoms with Crippen molar-refractivity contribution in [3.63, 3.8) is 0 Å². The van der Waals surface area contributed by atoms with Crippen molar-refractivity contribution in [2.75, 3.05) is 0 Å². The van der Waals surface area contributed by atoms with Gasteiger partial charge in [-0.3, -0.25) is 4.40 Å². The van der Waals surface area contributed by atoms with Crippen molar-refractivity contribution in [3.8, 4) is 33.5 Å². The zero-order valence-corrected chi connectivity index (χ0v) is 31.0. The number of hydrogen-bond donors (Lipinski definition) is 0. The third-order valence-electron chi connectivity index (χ3n) is 12.2. The van der Waals surface area contributed by atoms with E-state index in [1.807, 2.05) is 11.3 Å². The molecule has 7 aromatic carbocycles. The number of nitrogens with zero attached hydrogens (tertiary/aromatic N) is 2. The first-order valence-corrected chi connectivity index (χ1v) is 20.0. The normalized spacial score (nSPS) is 16.4. The molecule has 0 spiro atoms. The number of hydrogen-bond acceptors (Lipinski definition) is 2. The number of thiophene rings is 1. The van der Waals surface area contributed by atoms with Crippen LogP contribution in [0.5, 0.6) is 0 Å². The second-order valence-corrected chi connectivity index (χ2v) is 16.2. The predicted octanol–water partition coefficient (Wildman–Crippen LogP) is 14.4. The largest absolute Gasteiger partial charge is 0.291 e. The number of aromatic nitrogens is 2. The summed E-state index contributed by atoms with van der Waals surface area (Å²) in [6.45, 7) is 2.37. The van der Waals surface area contributed by atoms with Crippen LogP contribution in [0.15, 0.2) is 175 Å². The van der Waals surface area contributed by atoms with E-state index in [2.05, 4.69) is 187 Å². The second-order valence-electron chi connectivity index (χ2n) is 15.2. The Labute approximate surface area is 322 Å². The first kappa shape index (κ1) is 30.9. The molecule has 0 aliphatic heterocycles. The molecule has 0 N–H and O–H groups in total. The third kappa shape index (κ3) is 4.63. The summed E-state index contributed by atoms with van der Waals surface area (Å²) < 4.78 is 4.96. The molecule has 3 heteroatoms. The minimum absolute atomic E-state index is 0.375. The molecule has 2 aliphatic carbocycles. The SMILES string of the molecule is CC1c2cc3c(cc2C=C2C=CC=CC21)nc1c2sc4ccc5ccccc5c4c2cc(-c2ccc(-c4ccc(-c5cccc6ccccc56)cc4)cc2)n31. The van der Waals surface area contributed by atoms with Crippen LogP contribution in [0.1, 0.15) is 24.0 Å². The molecule has 0 radical (unpaired) electrons. The number of fused-ring (bicyclic) bond motifs is 12. The minimum atomic E-state index is 0.375. The van der Waals surface area contributed by atoms with Crippen LogP contribution in [0.2, 0.25) is 0 Å². The minimum Gasteiger partial charge on any atom is -0.291 e. The summed E-state index contributed by atoms with van der Waals surface area (Å²) in [6, 6.07) is 53.8. The fraction of sp³-hybridized carbons (Fsp3) is 0.0577. The fourth-order valence-corrected chi connectivity index (χ4v) is 10.6. The Balaban J connectivity index is 1.04. The molecule has 3 heterocycles. The molecule has 0 bridgehead atoms. The Kier molecular flexibility index (Phi) is 6.58. The van der Waals surface area contributed by atoms with Gasteiger partial charge in [-0.2, -0.15) is 0 Å². The van der Waals surface area contributed by atoms with Gasteiger partial charge < -0.3 is 0 Å². The van der Waals surface area contributed by atoms with Crippen molar-refractivity contribution in [1.82, 2.24) is 9.38 Å². The van der Waals surface area contributed by atoms with Gasteiger partial charge in [-0.1, -0.05) is 159 Å². The zero-order valence-electron chi connectivity index (χ0n) is 30.2. The summed E-state index contributed by atoms with van der Waals surface area (Å²) in [5.41, 5.74) is 14.5. The molecular formula is C52H34N2S. The van der Waals surface area contributed by atoms with E-state index >= 15 is 0 Å². The number of pyridine rings is 1. The molecular weight excluding hydrogens is 685 g/mol. The maximum absolute atomic E-state index is 5.47. The molecule has 258 valence electrons. The number of allylic oxidation sites excluding steroid dienone is 5. The molecule has 2 aliphatic rings. The topological polar surface area (TPSA) is 17.3 Å². The van der Waals surface area contributed by atoms with Crippen LogP contribution in [-0.4, -0.2) is 9.38 Å². The van der Waals surface area contributed by atoms with Crippen molar-refractivity contribution in [3.05, 3.63) is 187 Å². The number of imidazole rings is 1. The van der Waals surface area contributed by atoms with E-state index in [1.165, 1.54) is 91.8 Å². The van der Waals surface area contributed by atoms with E-state index < -0.39 is 0 Å². The van der Waals surface area contributed by atoms with Gasteiger partial charge in [-0.15, -0.1) is 11.3 Å². The Morgan fingerprint density at radius 1 is 0.618 bits per heavy atom. The molecule has 2 nitrogen and oxygen atoms in total. The van der Waals surface area contributed by atoms with Crippen molar-refractivity contribution < 1.29 is 0 Å². The van der Waals surface area contributed by atoms with Crippen LogP contribution in [0.4, 0.5) is 0 Å². The van der Waals surface area contributed by atoms with E-state index in [-0.39, 0.29) is 0 Å². The molecule has 12 rings (SSSR count). The van der Waals surface area contributed by atoms with E-state index in [0.717, 1.165) is 16.9 Å². The van der Waals surface area contributed by atoms with Crippen LogP contribution >= 0.6 is 11.3 Å². The second kappa shape index (κ2) is 11.7. The average Bonchev–Trinajstić information content (AvgIpc) is 3.81. The molecule has 2 atom stereocenters. The van der Waals surface area contributed by atoms with Gasteiger partial charge in [-0.25, -0.2) is 4.98 Å². The lowest BCUT2D eigenvalue weighted by Crippen LogP contribution is -2.16. The predicted molar refractivity (Wildman–Crippen MR) is 235 cm³/mol. The van der Waals surface area contributed by atoms with Crippen molar-refractivity contribution in [2.24, 2.45) is 5.92 Å². The van der Waals surface area contributed by atoms with Crippen LogP contribution in [0, 0.1) is 5.92 Å². The van der Waals surface area contributed by atoms with Crippen LogP contribution in [0.3, 0.4) is 0 Å². The van der Waals surface area contributed by atoms with Gasteiger partial charge in [0.2, 0.25) is 0 Å². The van der Waals surface area contributed by atoms with Crippen molar-refractivity contribution in [1.29, 1.82) is 0 Å². The van der Waals surface area contributed by atoms with Gasteiger partial charge in [-0.05, 0) is 96.2 Å². The lowest BCUT2D eigenvalue weighted by Gasteiger charge is -2.30. The molecule has 0 saturated heterocycles. The van der Waals surface area contributed by atoms with Gasteiger partial charge in [0.15, 0.2) is 5.65 Å². The Hall–Kier alpha value is -6.55. The maximum Gasteiger partial charge on any atom is 0.156 e. The third-order valence-corrected chi connectivity index (χ3v) is 13.3. The summed E-state index contributed by atoms with van der Waals surface area (Å²) in [4.78, 5) is 5.47. The summed E-state index contributed by atoms with van der Waals surface area (Å²) in [6.07, 6.45) is 11.3. The molecule has 10 aromatic rings. The first-order chi connectivity index (χ1) is 27.2. The highest BCUT2D eigenvalue weighted by molar-refractivity contribution is 7.26. The van der Waals surface area contributed by atoms with E-state index in [1.54, 1.807) is 0 Å². The number of rotatable bonds is 3. The molecule has 55 heavy (non-hydrogen) atoms. The quantitative estimate of drug-likeness (QED) is 0.178. The molecule has 0 fully saturated rings. The van der Waals surface area contributed by atoms with E-state index in [9.17, 15) is 0 Å². The highest BCUT2D eigenvalue weighted by Gasteiger charge is 2.28. The summed E-state index contributed by atoms with van der Waals surface area (Å²) in [5, 5.41) is 7.68. The summed E-state index contributed by atoms with van der Waals surface area (Å²) in [5.74, 6) is 0.769. The van der Waals surface area contributed by atoms with Gasteiger partial charge >= 0.3 is 0 Å². The fourth-order valence-electron chi connectivity index (χ4n) is 9.38. The summed E-state index contributed by atoms with van der Waals surface area (Å²) >= 11 is 1.86. The van der Waals surface area contributed by atoms with Gasteiger partial charge in [0.25, 0.3) is 0 Å². The van der Waals surface area contributed by atoms with Crippen LogP contribution in [0.25, 0.3) is 98.0 Å². The van der Waals surface area contributed by atoms with Gasteiger partial charge in [0.05, 0.1) is 21.4 Å². The van der Waals surface area contributed by atoms with Gasteiger partial charge in [0.1, 0.15) is 0 Å². The lowest BCUT2D eigenvalue weighted by molar-refractivity contribution is 0.618. The molecule has 2 unspecified atom stereocenters. The van der Waals surface area contributed by atoms with Crippen LogP contribution in [-0.2, 0) is 0 Å². The molecule has 0 amide bonds. The Morgan fingerprint density at radius 3 is 2.15 bits per heavy atom. The summed E-state index contributed by atoms with van der Waals surface area (Å²) in [7, 11) is 0. The zero-order chi connectivity index (χ0) is 36.2. The standard InChI is InChI=1S/C52H34N2S/c1-31-40-13-5-4-11-38(40)27-39-28-46-48(29-44(31)39)54-47(30-45-50-43-15-7-3-10-35(43)25-26-49(50)55-51(45)52(54)53-46)37-23-19-33(20-24-37)32-17-21-36(22-18-32)42-16-8-12-34-9-2-6-14-41(34)42/h2-31,40H,1H3. The monoisotopic (exact) mass is 718 g/mol. The van der Waals surface area contributed by atoms with E-state index in [4.69, 9.17) is 4.98 Å². The Bertz CT molecular complexity index is 3310. The highest BCUT2D eigenvalue weighted by Crippen LogP contribution is 2.46. The van der Waals surface area contributed by atoms with Crippen molar-refractivity contribution in [2.45, 2.75) is 12.8 Å². The maximum atomic E-state index is 5.47. The first-order valence-electron chi connectivity index (χ1n) is 19.1. The molecule has 3 aromatic heterocycles. The van der Waals surface area contributed by atoms with E-state index in [0.29, 0.717) is 11.8 Å².